The van der Waals surface area contributed by atoms with E-state index in [9.17, 15) is 4.79 Å². The van der Waals surface area contributed by atoms with Gasteiger partial charge in [0.1, 0.15) is 5.75 Å². The molecule has 3 heteroatoms. The van der Waals surface area contributed by atoms with Crippen LogP contribution in [-0.2, 0) is 0 Å². The number of allylic oxidation sites excluding steroid dienone is 4. The number of anilines is 1. The monoisotopic (exact) mass is 449 g/mol. The van der Waals surface area contributed by atoms with E-state index in [4.69, 9.17) is 4.74 Å². The van der Waals surface area contributed by atoms with Gasteiger partial charge < -0.3 is 10.1 Å². The Hall–Kier alpha value is -3.07. The lowest BCUT2D eigenvalue weighted by Gasteiger charge is -2.08. The van der Waals surface area contributed by atoms with E-state index in [2.05, 4.69) is 39.2 Å². The van der Waals surface area contributed by atoms with E-state index in [1.807, 2.05) is 56.3 Å². The average Bonchev–Trinajstić information content (AvgIpc) is 2.84. The first kappa shape index (κ1) is 29.9. The van der Waals surface area contributed by atoms with Gasteiger partial charge in [-0.2, -0.15) is 0 Å². The van der Waals surface area contributed by atoms with Crippen LogP contribution in [0.5, 0.6) is 5.75 Å². The SMILES string of the molecule is C=C/C=C(/C)C=C.CCCC.CCCCCOc1ccc(C(=O)Nc2ccc(C)cc2)cc1. The summed E-state index contributed by atoms with van der Waals surface area (Å²) in [6.07, 6.45) is 11.5. The molecule has 0 aliphatic carbocycles. The second kappa shape index (κ2) is 19.6. The van der Waals surface area contributed by atoms with Gasteiger partial charge in [-0.05, 0) is 56.7 Å². The Morgan fingerprint density at radius 3 is 1.97 bits per heavy atom. The van der Waals surface area contributed by atoms with Crippen molar-refractivity contribution in [3.8, 4) is 5.75 Å². The Labute approximate surface area is 202 Å². The largest absolute Gasteiger partial charge is 0.494 e. The van der Waals surface area contributed by atoms with Gasteiger partial charge in [0.05, 0.1) is 6.61 Å². The summed E-state index contributed by atoms with van der Waals surface area (Å²) in [6.45, 7) is 18.3. The zero-order valence-corrected chi connectivity index (χ0v) is 21.3. The number of aryl methyl sites for hydroxylation is 1. The van der Waals surface area contributed by atoms with Gasteiger partial charge in [-0.25, -0.2) is 0 Å². The predicted molar refractivity (Wildman–Crippen MR) is 145 cm³/mol. The van der Waals surface area contributed by atoms with Crippen molar-refractivity contribution in [3.63, 3.8) is 0 Å². The Balaban J connectivity index is 0.000000776. The van der Waals surface area contributed by atoms with E-state index in [0.29, 0.717) is 5.56 Å². The summed E-state index contributed by atoms with van der Waals surface area (Å²) in [5.41, 5.74) is 3.74. The second-order valence-corrected chi connectivity index (χ2v) is 7.75. The molecule has 0 bridgehead atoms. The van der Waals surface area contributed by atoms with Gasteiger partial charge in [0.2, 0.25) is 0 Å². The third kappa shape index (κ3) is 15.4. The molecule has 0 saturated carbocycles. The van der Waals surface area contributed by atoms with Gasteiger partial charge >= 0.3 is 0 Å². The highest BCUT2D eigenvalue weighted by Crippen LogP contribution is 2.15. The van der Waals surface area contributed by atoms with Gasteiger partial charge in [0.15, 0.2) is 0 Å². The molecule has 0 heterocycles. The van der Waals surface area contributed by atoms with Crippen molar-refractivity contribution < 1.29 is 9.53 Å². The summed E-state index contributed by atoms with van der Waals surface area (Å²) in [5, 5.41) is 2.89. The first-order valence-electron chi connectivity index (χ1n) is 11.9. The number of amides is 1. The second-order valence-electron chi connectivity index (χ2n) is 7.75. The Kier molecular flexibility index (Phi) is 17.8. The van der Waals surface area contributed by atoms with Crippen LogP contribution in [0.25, 0.3) is 0 Å². The molecule has 0 aliphatic rings. The molecule has 33 heavy (non-hydrogen) atoms. The summed E-state index contributed by atoms with van der Waals surface area (Å²) >= 11 is 0. The number of carbonyl (C=O) groups is 1. The zero-order chi connectivity index (χ0) is 24.9. The average molecular weight is 450 g/mol. The molecule has 0 radical (unpaired) electrons. The maximum Gasteiger partial charge on any atom is 0.255 e. The van der Waals surface area contributed by atoms with Gasteiger partial charge in [0, 0.05) is 11.3 Å². The number of benzene rings is 2. The molecular weight excluding hydrogens is 406 g/mol. The molecule has 180 valence electrons. The highest BCUT2D eigenvalue weighted by atomic mass is 16.5. The smallest absolute Gasteiger partial charge is 0.255 e. The van der Waals surface area contributed by atoms with E-state index in [1.165, 1.54) is 31.2 Å². The van der Waals surface area contributed by atoms with Crippen LogP contribution in [0.3, 0.4) is 0 Å². The molecule has 2 rings (SSSR count). The number of hydrogen-bond donors (Lipinski definition) is 1. The molecule has 0 saturated heterocycles. The number of carbonyl (C=O) groups excluding carboxylic acids is 1. The van der Waals surface area contributed by atoms with Crippen LogP contribution in [-0.4, -0.2) is 12.5 Å². The number of nitrogens with one attached hydrogen (secondary N) is 1. The van der Waals surface area contributed by atoms with Gasteiger partial charge in [0.25, 0.3) is 5.91 Å². The van der Waals surface area contributed by atoms with Gasteiger partial charge in [-0.1, -0.05) is 101 Å². The molecule has 0 atom stereocenters. The lowest BCUT2D eigenvalue weighted by Crippen LogP contribution is -2.11. The van der Waals surface area contributed by atoms with Crippen LogP contribution in [0, 0.1) is 6.92 Å². The minimum absolute atomic E-state index is 0.110. The summed E-state index contributed by atoms with van der Waals surface area (Å²) in [6, 6.07) is 15.0. The molecule has 0 fully saturated rings. The lowest BCUT2D eigenvalue weighted by molar-refractivity contribution is 0.102. The van der Waals surface area contributed by atoms with Crippen molar-refractivity contribution in [3.05, 3.63) is 96.6 Å². The first-order chi connectivity index (χ1) is 15.9. The molecule has 0 spiro atoms. The lowest BCUT2D eigenvalue weighted by atomic mass is 10.2. The maximum atomic E-state index is 12.2. The predicted octanol–water partition coefficient (Wildman–Crippen LogP) is 8.93. The standard InChI is InChI=1S/C19H23NO2.C7H10.C4H10/c1-3-4-5-14-22-18-12-8-16(9-13-18)19(21)20-17-10-6-15(2)7-11-17;1-4-6-7(3)5-2;1-3-4-2/h6-13H,3-5,14H2,1-2H3,(H,20,21);4-6H,1-2H2,3H3;3-4H2,1-2H3/b;7-6-;. The Morgan fingerprint density at radius 1 is 0.909 bits per heavy atom. The highest BCUT2D eigenvalue weighted by molar-refractivity contribution is 6.04. The molecule has 1 N–H and O–H groups in total. The minimum atomic E-state index is -0.110. The molecule has 2 aromatic rings. The summed E-state index contributed by atoms with van der Waals surface area (Å²) in [7, 11) is 0. The highest BCUT2D eigenvalue weighted by Gasteiger charge is 2.06. The maximum absolute atomic E-state index is 12.2. The van der Waals surface area contributed by atoms with Crippen LogP contribution >= 0.6 is 0 Å². The number of hydrogen-bond acceptors (Lipinski definition) is 2. The van der Waals surface area contributed by atoms with E-state index >= 15 is 0 Å². The first-order valence-corrected chi connectivity index (χ1v) is 11.9. The topological polar surface area (TPSA) is 38.3 Å². The van der Waals surface area contributed by atoms with Crippen LogP contribution in [0.4, 0.5) is 5.69 Å². The van der Waals surface area contributed by atoms with Gasteiger partial charge in [-0.15, -0.1) is 0 Å². The molecule has 3 nitrogen and oxygen atoms in total. The molecule has 1 amide bonds. The fourth-order valence-electron chi connectivity index (χ4n) is 2.34. The third-order valence-electron chi connectivity index (χ3n) is 4.65. The van der Waals surface area contributed by atoms with Gasteiger partial charge in [-0.3, -0.25) is 4.79 Å². The quantitative estimate of drug-likeness (QED) is 0.290. The van der Waals surface area contributed by atoms with Crippen molar-refractivity contribution in [2.75, 3.05) is 11.9 Å². The van der Waals surface area contributed by atoms with Crippen molar-refractivity contribution in [2.45, 2.75) is 66.7 Å². The van der Waals surface area contributed by atoms with Crippen molar-refractivity contribution in [2.24, 2.45) is 0 Å². The summed E-state index contributed by atoms with van der Waals surface area (Å²) < 4.78 is 5.64. The fourth-order valence-corrected chi connectivity index (χ4v) is 2.34. The third-order valence-corrected chi connectivity index (χ3v) is 4.65. The van der Waals surface area contributed by atoms with Crippen molar-refractivity contribution in [1.82, 2.24) is 0 Å². The molecule has 0 aliphatic heterocycles. The van der Waals surface area contributed by atoms with Crippen LogP contribution in [0.1, 0.15) is 75.7 Å². The van der Waals surface area contributed by atoms with Crippen LogP contribution in [0.2, 0.25) is 0 Å². The van der Waals surface area contributed by atoms with E-state index in [0.717, 1.165) is 30.0 Å². The minimum Gasteiger partial charge on any atom is -0.494 e. The Morgan fingerprint density at radius 2 is 1.52 bits per heavy atom. The van der Waals surface area contributed by atoms with Crippen molar-refractivity contribution in [1.29, 1.82) is 0 Å². The number of unbranched alkanes of at least 4 members (excludes halogenated alkanes) is 3. The van der Waals surface area contributed by atoms with E-state index < -0.39 is 0 Å². The van der Waals surface area contributed by atoms with Crippen LogP contribution < -0.4 is 10.1 Å². The molecule has 0 unspecified atom stereocenters. The normalized spacial score (nSPS) is 10.0. The molecule has 0 aromatic heterocycles. The summed E-state index contributed by atoms with van der Waals surface area (Å²) in [4.78, 5) is 12.2. The van der Waals surface area contributed by atoms with E-state index in [-0.39, 0.29) is 5.91 Å². The number of rotatable bonds is 10. The fraction of sp³-hybridized carbons (Fsp3) is 0.367. The van der Waals surface area contributed by atoms with Crippen LogP contribution in [0.15, 0.2) is 85.5 Å². The number of ether oxygens (including phenoxy) is 1. The molecular formula is C30H43NO2. The summed E-state index contributed by atoms with van der Waals surface area (Å²) in [5.74, 6) is 0.698. The van der Waals surface area contributed by atoms with E-state index in [1.54, 1.807) is 24.3 Å². The van der Waals surface area contributed by atoms with Crippen molar-refractivity contribution >= 4 is 11.6 Å². The molecule has 2 aromatic carbocycles. The Bertz CT molecular complexity index is 815. The zero-order valence-electron chi connectivity index (χ0n) is 21.3.